The van der Waals surface area contributed by atoms with Crippen LogP contribution in [0.5, 0.6) is 0 Å². The van der Waals surface area contributed by atoms with Gasteiger partial charge in [-0.3, -0.25) is 4.90 Å². The van der Waals surface area contributed by atoms with Crippen molar-refractivity contribution in [3.05, 3.63) is 0 Å². The van der Waals surface area contributed by atoms with Gasteiger partial charge in [0.05, 0.1) is 19.8 Å². The predicted molar refractivity (Wildman–Crippen MR) is 56.1 cm³/mol. The quantitative estimate of drug-likeness (QED) is 0.556. The minimum Gasteiger partial charge on any atom is -0.396 e. The number of hydrogen-bond donors (Lipinski definition) is 3. The molecule has 0 unspecified atom stereocenters. The molecule has 86 valence electrons. The summed E-state index contributed by atoms with van der Waals surface area (Å²) in [6.45, 7) is 6.13. The molecule has 0 bridgehead atoms. The predicted octanol–water partition coefficient (Wildman–Crippen LogP) is -0.320. The van der Waals surface area contributed by atoms with Gasteiger partial charge in [-0.15, -0.1) is 0 Å². The van der Waals surface area contributed by atoms with E-state index in [0.29, 0.717) is 6.54 Å². The maximum Gasteiger partial charge on any atom is 0.0609 e. The van der Waals surface area contributed by atoms with Crippen LogP contribution in [0.3, 0.4) is 0 Å². The number of hydrogen-bond acceptors (Lipinski definition) is 4. The van der Waals surface area contributed by atoms with E-state index in [0.717, 1.165) is 0 Å². The molecular weight excluding hydrogens is 182 g/mol. The zero-order valence-electron chi connectivity index (χ0n) is 9.62. The van der Waals surface area contributed by atoms with Gasteiger partial charge in [0.2, 0.25) is 0 Å². The Morgan fingerprint density at radius 2 is 1.36 bits per heavy atom. The molecule has 0 aliphatic rings. The Morgan fingerprint density at radius 3 is 1.64 bits per heavy atom. The van der Waals surface area contributed by atoms with Crippen molar-refractivity contribution in [1.82, 2.24) is 4.90 Å². The van der Waals surface area contributed by atoms with Crippen LogP contribution in [0.1, 0.15) is 20.8 Å². The molecule has 0 aliphatic heterocycles. The first-order valence-corrected chi connectivity index (χ1v) is 4.85. The first-order chi connectivity index (χ1) is 6.31. The van der Waals surface area contributed by atoms with E-state index in [1.807, 2.05) is 32.7 Å². The van der Waals surface area contributed by atoms with Gasteiger partial charge in [-0.2, -0.15) is 0 Å². The summed E-state index contributed by atoms with van der Waals surface area (Å²) in [6.07, 6.45) is 0. The molecular formula is C10H23NO3. The van der Waals surface area contributed by atoms with E-state index < -0.39 is 5.41 Å². The van der Waals surface area contributed by atoms with Gasteiger partial charge >= 0.3 is 0 Å². The zero-order chi connectivity index (χ0) is 11.4. The number of nitrogens with zero attached hydrogens (tertiary/aromatic N) is 1. The summed E-state index contributed by atoms with van der Waals surface area (Å²) in [6, 6.07) is 0. The second-order valence-electron chi connectivity index (χ2n) is 4.95. The highest BCUT2D eigenvalue weighted by atomic mass is 16.3. The number of likely N-dealkylation sites (N-methyl/N-ethyl adjacent to an activating group) is 1. The highest BCUT2D eigenvalue weighted by molar-refractivity contribution is 4.84. The molecule has 0 saturated carbocycles. The van der Waals surface area contributed by atoms with Gasteiger partial charge in [0.1, 0.15) is 0 Å². The third-order valence-corrected chi connectivity index (χ3v) is 2.80. The maximum atomic E-state index is 9.14. The lowest BCUT2D eigenvalue weighted by atomic mass is 9.90. The second kappa shape index (κ2) is 5.07. The summed E-state index contributed by atoms with van der Waals surface area (Å²) in [5.74, 6) is 0. The summed E-state index contributed by atoms with van der Waals surface area (Å²) >= 11 is 0. The molecule has 0 amide bonds. The van der Waals surface area contributed by atoms with Gasteiger partial charge in [0.15, 0.2) is 0 Å². The lowest BCUT2D eigenvalue weighted by Gasteiger charge is -2.39. The van der Waals surface area contributed by atoms with Crippen molar-refractivity contribution in [2.45, 2.75) is 26.3 Å². The van der Waals surface area contributed by atoms with Crippen LogP contribution in [0.2, 0.25) is 0 Å². The Bertz CT molecular complexity index is 167. The average Bonchev–Trinajstić information content (AvgIpc) is 2.17. The Balaban J connectivity index is 4.36. The summed E-state index contributed by atoms with van der Waals surface area (Å²) < 4.78 is 0. The molecule has 0 aromatic rings. The summed E-state index contributed by atoms with van der Waals surface area (Å²) in [4.78, 5) is 1.94. The molecule has 0 radical (unpaired) electrons. The lowest BCUT2D eigenvalue weighted by molar-refractivity contribution is -0.00273. The Kier molecular flexibility index (Phi) is 5.01. The number of aliphatic hydroxyl groups is 3. The summed E-state index contributed by atoms with van der Waals surface area (Å²) in [5.41, 5.74) is -0.840. The molecule has 0 fully saturated rings. The molecule has 4 heteroatoms. The monoisotopic (exact) mass is 205 g/mol. The Labute approximate surface area is 86.2 Å². The SMILES string of the molecule is CN(CC(C)(CO)CO)C(C)(C)CO. The molecule has 0 saturated heterocycles. The Morgan fingerprint density at radius 1 is 0.929 bits per heavy atom. The molecule has 4 nitrogen and oxygen atoms in total. The highest BCUT2D eigenvalue weighted by Crippen LogP contribution is 2.20. The van der Waals surface area contributed by atoms with Gasteiger partial charge in [0, 0.05) is 17.5 Å². The molecule has 0 aliphatic carbocycles. The molecule has 0 spiro atoms. The fourth-order valence-corrected chi connectivity index (χ4v) is 1.06. The van der Waals surface area contributed by atoms with Gasteiger partial charge < -0.3 is 15.3 Å². The fourth-order valence-electron chi connectivity index (χ4n) is 1.06. The van der Waals surface area contributed by atoms with Crippen molar-refractivity contribution in [2.24, 2.45) is 5.41 Å². The van der Waals surface area contributed by atoms with E-state index in [4.69, 9.17) is 15.3 Å². The van der Waals surface area contributed by atoms with Crippen LogP contribution in [0.25, 0.3) is 0 Å². The number of rotatable bonds is 6. The third-order valence-electron chi connectivity index (χ3n) is 2.80. The van der Waals surface area contributed by atoms with Crippen LogP contribution < -0.4 is 0 Å². The first-order valence-electron chi connectivity index (χ1n) is 4.85. The van der Waals surface area contributed by atoms with Crippen LogP contribution in [-0.4, -0.2) is 59.2 Å². The second-order valence-corrected chi connectivity index (χ2v) is 4.95. The van der Waals surface area contributed by atoms with Gasteiger partial charge in [-0.1, -0.05) is 6.92 Å². The molecule has 0 heterocycles. The van der Waals surface area contributed by atoms with Gasteiger partial charge in [0.25, 0.3) is 0 Å². The molecule has 0 atom stereocenters. The van der Waals surface area contributed by atoms with E-state index in [1.165, 1.54) is 0 Å². The van der Waals surface area contributed by atoms with Crippen LogP contribution in [0.4, 0.5) is 0 Å². The first kappa shape index (κ1) is 13.8. The molecule has 0 aromatic heterocycles. The van der Waals surface area contributed by atoms with Crippen molar-refractivity contribution in [3.8, 4) is 0 Å². The fraction of sp³-hybridized carbons (Fsp3) is 1.00. The summed E-state index contributed by atoms with van der Waals surface area (Å²) in [5, 5.41) is 27.4. The van der Waals surface area contributed by atoms with Crippen molar-refractivity contribution in [1.29, 1.82) is 0 Å². The third kappa shape index (κ3) is 3.53. The van der Waals surface area contributed by atoms with Crippen LogP contribution in [-0.2, 0) is 0 Å². The van der Waals surface area contributed by atoms with Crippen LogP contribution >= 0.6 is 0 Å². The Hall–Kier alpha value is -0.160. The minimum absolute atomic E-state index is 0.0520. The van der Waals surface area contributed by atoms with E-state index in [1.54, 1.807) is 0 Å². The van der Waals surface area contributed by atoms with Crippen LogP contribution in [0.15, 0.2) is 0 Å². The minimum atomic E-state index is -0.513. The van der Waals surface area contributed by atoms with Crippen molar-refractivity contribution >= 4 is 0 Å². The largest absolute Gasteiger partial charge is 0.396 e. The molecule has 14 heavy (non-hydrogen) atoms. The average molecular weight is 205 g/mol. The standard InChI is InChI=1S/C10H23NO3/c1-9(2,6-12)11(4)5-10(3,7-13)8-14/h12-14H,5-8H2,1-4H3. The van der Waals surface area contributed by atoms with Crippen molar-refractivity contribution in [3.63, 3.8) is 0 Å². The van der Waals surface area contributed by atoms with Gasteiger partial charge in [-0.05, 0) is 20.9 Å². The smallest absolute Gasteiger partial charge is 0.0609 e. The highest BCUT2D eigenvalue weighted by Gasteiger charge is 2.30. The van der Waals surface area contributed by atoms with E-state index >= 15 is 0 Å². The zero-order valence-corrected chi connectivity index (χ0v) is 9.62. The molecule has 0 rings (SSSR count). The number of aliphatic hydroxyl groups excluding tert-OH is 3. The lowest BCUT2D eigenvalue weighted by Crippen LogP contribution is -2.50. The van der Waals surface area contributed by atoms with Crippen molar-refractivity contribution < 1.29 is 15.3 Å². The maximum absolute atomic E-state index is 9.14. The normalized spacial score (nSPS) is 13.7. The van der Waals surface area contributed by atoms with Crippen LogP contribution in [0, 0.1) is 5.41 Å². The summed E-state index contributed by atoms with van der Waals surface area (Å²) in [7, 11) is 1.87. The van der Waals surface area contributed by atoms with E-state index in [-0.39, 0.29) is 25.4 Å². The van der Waals surface area contributed by atoms with E-state index in [9.17, 15) is 0 Å². The van der Waals surface area contributed by atoms with E-state index in [2.05, 4.69) is 0 Å². The molecule has 0 aromatic carbocycles. The topological polar surface area (TPSA) is 63.9 Å². The van der Waals surface area contributed by atoms with Gasteiger partial charge in [-0.25, -0.2) is 0 Å². The van der Waals surface area contributed by atoms with Crippen molar-refractivity contribution in [2.75, 3.05) is 33.4 Å². The molecule has 3 N–H and O–H groups in total.